The van der Waals surface area contributed by atoms with Crippen LogP contribution in [0.3, 0.4) is 0 Å². The first-order chi connectivity index (χ1) is 15.8. The third kappa shape index (κ3) is 5.91. The summed E-state index contributed by atoms with van der Waals surface area (Å²) in [5, 5.41) is 7.79. The number of likely N-dealkylation sites (tertiary alicyclic amines) is 1. The molecule has 0 aromatic carbocycles. The fourth-order valence-corrected chi connectivity index (χ4v) is 4.43. The van der Waals surface area contributed by atoms with Crippen molar-refractivity contribution in [1.82, 2.24) is 29.9 Å². The van der Waals surface area contributed by atoms with E-state index in [9.17, 15) is 12.8 Å². The van der Waals surface area contributed by atoms with Crippen molar-refractivity contribution < 1.29 is 12.8 Å². The van der Waals surface area contributed by atoms with Crippen molar-refractivity contribution >= 4 is 15.8 Å². The van der Waals surface area contributed by atoms with Gasteiger partial charge in [-0.25, -0.2) is 22.5 Å². The Morgan fingerprint density at radius 1 is 1.15 bits per heavy atom. The van der Waals surface area contributed by atoms with Gasteiger partial charge in [-0.05, 0) is 64.0 Å². The molecular weight excluding hydrogens is 445 g/mol. The van der Waals surface area contributed by atoms with E-state index in [1.165, 1.54) is 6.07 Å². The van der Waals surface area contributed by atoms with Gasteiger partial charge in [-0.2, -0.15) is 0 Å². The lowest BCUT2D eigenvalue weighted by atomic mass is 9.93. The predicted octanol–water partition coefficient (Wildman–Crippen LogP) is 2.79. The number of nitrogens with one attached hydrogen (secondary N) is 1. The van der Waals surface area contributed by atoms with Gasteiger partial charge in [-0.1, -0.05) is 11.3 Å². The zero-order valence-corrected chi connectivity index (χ0v) is 19.5. The Morgan fingerprint density at radius 3 is 2.67 bits per heavy atom. The molecule has 11 heteroatoms. The third-order valence-corrected chi connectivity index (χ3v) is 7.50. The Bertz CT molecular complexity index is 1190. The van der Waals surface area contributed by atoms with Crippen LogP contribution in [-0.2, 0) is 23.1 Å². The predicted molar refractivity (Wildman–Crippen MR) is 122 cm³/mol. The SMILES string of the molecule is CC(C)S(=O)(=O)Nc1cccc(C2CCN(Cc3cn(Cc4ncccc4F)nn3)CC2)n1. The van der Waals surface area contributed by atoms with Crippen molar-refractivity contribution in [2.75, 3.05) is 17.8 Å². The van der Waals surface area contributed by atoms with E-state index in [0.29, 0.717) is 18.1 Å². The van der Waals surface area contributed by atoms with Crippen LogP contribution in [0, 0.1) is 5.82 Å². The molecule has 1 N–H and O–H groups in total. The smallest absolute Gasteiger partial charge is 0.236 e. The topological polar surface area (TPSA) is 106 Å². The molecule has 4 heterocycles. The summed E-state index contributed by atoms with van der Waals surface area (Å²) in [5.41, 5.74) is 2.06. The Hall–Kier alpha value is -2.92. The fraction of sp³-hybridized carbons (Fsp3) is 0.455. The normalized spacial score (nSPS) is 15.8. The molecule has 1 aliphatic rings. The lowest BCUT2D eigenvalue weighted by Gasteiger charge is -2.31. The van der Waals surface area contributed by atoms with Gasteiger partial charge in [0, 0.05) is 24.4 Å². The standard InChI is InChI=1S/C22H28FN7O2S/c1-16(2)33(31,32)27-22-7-3-6-20(25-22)17-8-11-29(12-9-17)13-18-14-30(28-26-18)15-21-19(23)5-4-10-24-21/h3-7,10,14,16-17H,8-9,11-13,15H2,1-2H3,(H,25,27). The molecule has 9 nitrogen and oxygen atoms in total. The fourth-order valence-electron chi connectivity index (χ4n) is 3.79. The monoisotopic (exact) mass is 473 g/mol. The van der Waals surface area contributed by atoms with Gasteiger partial charge in [0.15, 0.2) is 0 Å². The van der Waals surface area contributed by atoms with Gasteiger partial charge in [0.25, 0.3) is 0 Å². The molecule has 1 fully saturated rings. The zero-order valence-electron chi connectivity index (χ0n) is 18.7. The molecule has 0 amide bonds. The highest BCUT2D eigenvalue weighted by Gasteiger charge is 2.23. The van der Waals surface area contributed by atoms with Crippen LogP contribution in [0.25, 0.3) is 0 Å². The van der Waals surface area contributed by atoms with Crippen molar-refractivity contribution in [1.29, 1.82) is 0 Å². The third-order valence-electron chi connectivity index (χ3n) is 5.76. The minimum Gasteiger partial charge on any atom is -0.297 e. The molecule has 0 radical (unpaired) electrons. The van der Waals surface area contributed by atoms with Gasteiger partial charge in [-0.3, -0.25) is 14.6 Å². The van der Waals surface area contributed by atoms with Gasteiger partial charge in [-0.15, -0.1) is 5.10 Å². The highest BCUT2D eigenvalue weighted by molar-refractivity contribution is 7.93. The molecule has 0 aliphatic carbocycles. The molecule has 3 aromatic rings. The molecular formula is C22H28FN7O2S. The number of nitrogens with zero attached hydrogens (tertiary/aromatic N) is 6. The quantitative estimate of drug-likeness (QED) is 0.536. The van der Waals surface area contributed by atoms with Crippen molar-refractivity contribution in [3.05, 3.63) is 65.6 Å². The van der Waals surface area contributed by atoms with E-state index >= 15 is 0 Å². The number of hydrogen-bond donors (Lipinski definition) is 1. The first kappa shape index (κ1) is 23.2. The maximum absolute atomic E-state index is 13.8. The Kier molecular flexibility index (Phi) is 6.99. The maximum atomic E-state index is 13.8. The van der Waals surface area contributed by atoms with Crippen molar-refractivity contribution in [2.24, 2.45) is 0 Å². The van der Waals surface area contributed by atoms with E-state index in [1.54, 1.807) is 36.9 Å². The molecule has 0 atom stereocenters. The number of anilines is 1. The van der Waals surface area contributed by atoms with Crippen LogP contribution < -0.4 is 4.72 Å². The van der Waals surface area contributed by atoms with Crippen molar-refractivity contribution in [2.45, 2.75) is 50.9 Å². The zero-order chi connectivity index (χ0) is 23.4. The Balaban J connectivity index is 1.31. The van der Waals surface area contributed by atoms with Crippen LogP contribution >= 0.6 is 0 Å². The van der Waals surface area contributed by atoms with Crippen LogP contribution in [0.5, 0.6) is 0 Å². The number of hydrogen-bond acceptors (Lipinski definition) is 7. The summed E-state index contributed by atoms with van der Waals surface area (Å²) in [6.07, 6.45) is 5.22. The molecule has 4 rings (SSSR count). The first-order valence-electron chi connectivity index (χ1n) is 11.0. The van der Waals surface area contributed by atoms with Crippen molar-refractivity contribution in [3.8, 4) is 0 Å². The summed E-state index contributed by atoms with van der Waals surface area (Å²) in [4.78, 5) is 10.9. The van der Waals surface area contributed by atoms with E-state index in [0.717, 1.165) is 37.3 Å². The summed E-state index contributed by atoms with van der Waals surface area (Å²) in [6, 6.07) is 8.42. The summed E-state index contributed by atoms with van der Waals surface area (Å²) in [6.45, 7) is 5.92. The summed E-state index contributed by atoms with van der Waals surface area (Å²) in [5.74, 6) is 0.281. The molecule has 0 unspecified atom stereocenters. The highest BCUT2D eigenvalue weighted by Crippen LogP contribution is 2.28. The average Bonchev–Trinajstić information content (AvgIpc) is 3.22. The lowest BCUT2D eigenvalue weighted by molar-refractivity contribution is 0.201. The van der Waals surface area contributed by atoms with Crippen LogP contribution in [0.2, 0.25) is 0 Å². The molecule has 0 bridgehead atoms. The number of halogens is 1. The highest BCUT2D eigenvalue weighted by atomic mass is 32.2. The molecule has 3 aromatic heterocycles. The van der Waals surface area contributed by atoms with Crippen LogP contribution in [0.4, 0.5) is 10.2 Å². The van der Waals surface area contributed by atoms with Gasteiger partial charge in [0.05, 0.1) is 29.4 Å². The second kappa shape index (κ2) is 9.92. The minimum atomic E-state index is -3.42. The molecule has 0 spiro atoms. The Labute approximate surface area is 193 Å². The molecule has 1 saturated heterocycles. The van der Waals surface area contributed by atoms with E-state index in [-0.39, 0.29) is 18.3 Å². The second-order valence-corrected chi connectivity index (χ2v) is 10.8. The number of sulfonamides is 1. The van der Waals surface area contributed by atoms with E-state index in [1.807, 2.05) is 18.3 Å². The molecule has 1 aliphatic heterocycles. The van der Waals surface area contributed by atoms with E-state index in [2.05, 4.69) is 29.9 Å². The number of rotatable bonds is 8. The van der Waals surface area contributed by atoms with Crippen molar-refractivity contribution in [3.63, 3.8) is 0 Å². The van der Waals surface area contributed by atoms with Crippen LogP contribution in [-0.4, -0.2) is 56.6 Å². The molecule has 0 saturated carbocycles. The summed E-state index contributed by atoms with van der Waals surface area (Å²) >= 11 is 0. The Morgan fingerprint density at radius 2 is 1.94 bits per heavy atom. The van der Waals surface area contributed by atoms with Gasteiger partial charge < -0.3 is 0 Å². The van der Waals surface area contributed by atoms with Gasteiger partial charge in [0.2, 0.25) is 10.0 Å². The maximum Gasteiger partial charge on any atom is 0.236 e. The largest absolute Gasteiger partial charge is 0.297 e. The summed E-state index contributed by atoms with van der Waals surface area (Å²) in [7, 11) is -3.42. The minimum absolute atomic E-state index is 0.240. The van der Waals surface area contributed by atoms with Gasteiger partial charge >= 0.3 is 0 Å². The lowest BCUT2D eigenvalue weighted by Crippen LogP contribution is -2.33. The molecule has 33 heavy (non-hydrogen) atoms. The molecule has 176 valence electrons. The number of piperidine rings is 1. The second-order valence-electron chi connectivity index (χ2n) is 8.53. The van der Waals surface area contributed by atoms with Crippen LogP contribution in [0.15, 0.2) is 42.7 Å². The number of pyridine rings is 2. The number of aromatic nitrogens is 5. The van der Waals surface area contributed by atoms with Crippen LogP contribution in [0.1, 0.15) is 49.7 Å². The average molecular weight is 474 g/mol. The van der Waals surface area contributed by atoms with E-state index < -0.39 is 15.3 Å². The van der Waals surface area contributed by atoms with Gasteiger partial charge in [0.1, 0.15) is 11.6 Å². The first-order valence-corrected chi connectivity index (χ1v) is 12.5. The van der Waals surface area contributed by atoms with E-state index in [4.69, 9.17) is 0 Å². The summed E-state index contributed by atoms with van der Waals surface area (Å²) < 4.78 is 42.2.